The van der Waals surface area contributed by atoms with Gasteiger partial charge in [0.15, 0.2) is 5.76 Å². The largest absolute Gasteiger partial charge is 0.359 e. The topological polar surface area (TPSA) is 115 Å². The Morgan fingerprint density at radius 1 is 1.36 bits per heavy atom. The highest BCUT2D eigenvalue weighted by molar-refractivity contribution is 6.32. The van der Waals surface area contributed by atoms with Crippen molar-refractivity contribution in [2.24, 2.45) is 0 Å². The van der Waals surface area contributed by atoms with E-state index >= 15 is 0 Å². The van der Waals surface area contributed by atoms with Crippen molar-refractivity contribution in [2.75, 3.05) is 0 Å². The zero-order valence-corrected chi connectivity index (χ0v) is 18.3. The highest BCUT2D eigenvalue weighted by Gasteiger charge is 2.15. The van der Waals surface area contributed by atoms with E-state index in [0.29, 0.717) is 35.8 Å². The molecule has 0 radical (unpaired) electrons. The molecule has 3 heterocycles. The molecule has 0 saturated carbocycles. The molecule has 0 aliphatic heterocycles. The number of halogens is 2. The first-order valence-electron chi connectivity index (χ1n) is 10.0. The van der Waals surface area contributed by atoms with Crippen LogP contribution in [-0.4, -0.2) is 36.4 Å². The van der Waals surface area contributed by atoms with E-state index in [0.717, 1.165) is 0 Å². The Hall–Kier alpha value is -3.97. The van der Waals surface area contributed by atoms with Crippen LogP contribution in [0.1, 0.15) is 23.9 Å². The van der Waals surface area contributed by atoms with E-state index < -0.39 is 5.82 Å². The lowest BCUT2D eigenvalue weighted by Gasteiger charge is -2.13. The molecule has 1 aromatic carbocycles. The zero-order valence-electron chi connectivity index (χ0n) is 17.6. The minimum atomic E-state index is -0.698. The monoisotopic (exact) mass is 467 g/mol. The molecule has 4 rings (SSSR count). The second-order valence-electron chi connectivity index (χ2n) is 7.51. The second-order valence-corrected chi connectivity index (χ2v) is 7.92. The molecular formula is C22H19ClFN7O2. The van der Waals surface area contributed by atoms with Gasteiger partial charge in [-0.15, -0.1) is 0 Å². The summed E-state index contributed by atoms with van der Waals surface area (Å²) in [6.07, 6.45) is 6.97. The van der Waals surface area contributed by atoms with Gasteiger partial charge in [0.1, 0.15) is 17.4 Å². The minimum Gasteiger partial charge on any atom is -0.359 e. The van der Waals surface area contributed by atoms with E-state index in [1.807, 2.05) is 17.7 Å². The molecule has 0 bridgehead atoms. The molecule has 1 N–H and O–H groups in total. The smallest absolute Gasteiger partial charge is 0.226 e. The predicted octanol–water partition coefficient (Wildman–Crippen LogP) is 3.19. The number of nitriles is 1. The third-order valence-corrected chi connectivity index (χ3v) is 5.10. The fraction of sp³-hybridized carbons (Fsp3) is 0.227. The lowest BCUT2D eigenvalue weighted by Crippen LogP contribution is -2.36. The average Bonchev–Trinajstić information content (AvgIpc) is 3.51. The maximum atomic E-state index is 14.0. The first-order valence-corrected chi connectivity index (χ1v) is 10.4. The normalized spacial score (nSPS) is 11.8. The number of carbonyl (C=O) groups excluding carboxylic acids is 1. The van der Waals surface area contributed by atoms with E-state index in [9.17, 15) is 9.18 Å². The van der Waals surface area contributed by atoms with Crippen molar-refractivity contribution in [3.63, 3.8) is 0 Å². The van der Waals surface area contributed by atoms with Crippen LogP contribution in [0.3, 0.4) is 0 Å². The number of rotatable bonds is 8. The minimum absolute atomic E-state index is 0.0312. The van der Waals surface area contributed by atoms with Crippen LogP contribution >= 0.6 is 11.6 Å². The number of carbonyl (C=O) groups is 1. The maximum Gasteiger partial charge on any atom is 0.226 e. The Morgan fingerprint density at radius 2 is 2.21 bits per heavy atom. The molecule has 0 aliphatic rings. The summed E-state index contributed by atoms with van der Waals surface area (Å²) in [7, 11) is 0. The molecule has 9 nitrogen and oxygen atoms in total. The molecule has 4 aromatic rings. The molecule has 168 valence electrons. The van der Waals surface area contributed by atoms with Gasteiger partial charge in [-0.1, -0.05) is 16.8 Å². The number of nitrogens with one attached hydrogen (secondary N) is 1. The summed E-state index contributed by atoms with van der Waals surface area (Å²) >= 11 is 5.98. The van der Waals surface area contributed by atoms with Gasteiger partial charge < -0.3 is 14.4 Å². The van der Waals surface area contributed by atoms with Crippen molar-refractivity contribution >= 4 is 17.5 Å². The van der Waals surface area contributed by atoms with Gasteiger partial charge in [-0.25, -0.2) is 9.37 Å². The fourth-order valence-electron chi connectivity index (χ4n) is 3.34. The summed E-state index contributed by atoms with van der Waals surface area (Å²) in [6, 6.07) is 7.69. The lowest BCUT2D eigenvalue weighted by atomic mass is 10.1. The van der Waals surface area contributed by atoms with Crippen LogP contribution in [0.5, 0.6) is 0 Å². The van der Waals surface area contributed by atoms with Crippen molar-refractivity contribution < 1.29 is 13.7 Å². The van der Waals surface area contributed by atoms with Crippen LogP contribution < -0.4 is 5.32 Å². The van der Waals surface area contributed by atoms with Gasteiger partial charge >= 0.3 is 0 Å². The molecule has 11 heteroatoms. The van der Waals surface area contributed by atoms with E-state index in [-0.39, 0.29) is 29.0 Å². The number of benzene rings is 1. The Labute approximate surface area is 193 Å². The van der Waals surface area contributed by atoms with Crippen LogP contribution in [0.2, 0.25) is 5.02 Å². The van der Waals surface area contributed by atoms with Gasteiger partial charge in [0.2, 0.25) is 5.91 Å². The summed E-state index contributed by atoms with van der Waals surface area (Å²) in [6.45, 7) is 2.74. The molecule has 0 spiro atoms. The second kappa shape index (κ2) is 9.67. The van der Waals surface area contributed by atoms with Crippen LogP contribution in [-0.2, 0) is 24.3 Å². The Morgan fingerprint density at radius 3 is 2.94 bits per heavy atom. The van der Waals surface area contributed by atoms with E-state index in [1.54, 1.807) is 41.6 Å². The van der Waals surface area contributed by atoms with Crippen molar-refractivity contribution in [1.29, 1.82) is 5.26 Å². The van der Waals surface area contributed by atoms with Crippen LogP contribution in [0.15, 0.2) is 53.7 Å². The van der Waals surface area contributed by atoms with Gasteiger partial charge in [-0.3, -0.25) is 9.48 Å². The van der Waals surface area contributed by atoms with Gasteiger partial charge in [-0.05, 0) is 25.1 Å². The highest BCUT2D eigenvalue weighted by atomic mass is 35.5. The molecule has 1 atom stereocenters. The van der Waals surface area contributed by atoms with Gasteiger partial charge in [0.25, 0.3) is 0 Å². The summed E-state index contributed by atoms with van der Waals surface area (Å²) in [5.41, 5.74) is 1.31. The van der Waals surface area contributed by atoms with Crippen molar-refractivity contribution in [1.82, 2.24) is 29.8 Å². The van der Waals surface area contributed by atoms with Crippen molar-refractivity contribution in [3.05, 3.63) is 77.0 Å². The standard InChI is InChI=1S/C22H19ClFN7O2/c1-14(27-22(32)9-16-8-17(33-29-16)12-30-5-3-26-13-30)11-31-4-2-21(28-31)15-6-19(23)18(10-25)20(24)7-15/h2-8,13-14H,9,11-12H2,1H3,(H,27,32)/t14-/m0/s1. The highest BCUT2D eigenvalue weighted by Crippen LogP contribution is 2.26. The summed E-state index contributed by atoms with van der Waals surface area (Å²) in [5, 5.41) is 20.2. The van der Waals surface area contributed by atoms with Crippen LogP contribution in [0.25, 0.3) is 11.3 Å². The quantitative estimate of drug-likeness (QED) is 0.425. The molecule has 0 fully saturated rings. The average molecular weight is 468 g/mol. The first-order chi connectivity index (χ1) is 15.9. The summed E-state index contributed by atoms with van der Waals surface area (Å²) in [5.74, 6) is -0.262. The number of nitrogens with zero attached hydrogens (tertiary/aromatic N) is 6. The van der Waals surface area contributed by atoms with Gasteiger partial charge in [0.05, 0.1) is 42.2 Å². The molecule has 33 heavy (non-hydrogen) atoms. The van der Waals surface area contributed by atoms with Crippen molar-refractivity contribution in [3.8, 4) is 17.3 Å². The first kappa shape index (κ1) is 22.2. The molecule has 3 aromatic heterocycles. The van der Waals surface area contributed by atoms with Crippen LogP contribution in [0, 0.1) is 17.1 Å². The third kappa shape index (κ3) is 5.45. The molecule has 1 amide bonds. The third-order valence-electron chi connectivity index (χ3n) is 4.81. The van der Waals surface area contributed by atoms with E-state index in [2.05, 4.69) is 20.6 Å². The maximum absolute atomic E-state index is 14.0. The van der Waals surface area contributed by atoms with Gasteiger partial charge in [-0.2, -0.15) is 10.4 Å². The number of hydrogen-bond donors (Lipinski definition) is 1. The molecule has 0 aliphatic carbocycles. The molecule has 0 saturated heterocycles. The van der Waals surface area contributed by atoms with Gasteiger partial charge in [0, 0.05) is 36.3 Å². The Balaban J connectivity index is 1.32. The molecule has 0 unspecified atom stereocenters. The fourth-order valence-corrected chi connectivity index (χ4v) is 3.59. The van der Waals surface area contributed by atoms with E-state index in [4.69, 9.17) is 21.4 Å². The number of aromatic nitrogens is 5. The summed E-state index contributed by atoms with van der Waals surface area (Å²) < 4.78 is 22.8. The number of hydrogen-bond acceptors (Lipinski definition) is 6. The van der Waals surface area contributed by atoms with Crippen LogP contribution in [0.4, 0.5) is 4.39 Å². The summed E-state index contributed by atoms with van der Waals surface area (Å²) in [4.78, 5) is 16.4. The van der Waals surface area contributed by atoms with Crippen molar-refractivity contribution in [2.45, 2.75) is 32.5 Å². The predicted molar refractivity (Wildman–Crippen MR) is 116 cm³/mol. The molecular weight excluding hydrogens is 449 g/mol. The Bertz CT molecular complexity index is 1280. The number of amides is 1. The Kier molecular flexibility index (Phi) is 6.51. The van der Waals surface area contributed by atoms with E-state index in [1.165, 1.54) is 12.1 Å². The zero-order chi connectivity index (χ0) is 23.4. The number of imidazole rings is 1. The lowest BCUT2D eigenvalue weighted by molar-refractivity contribution is -0.121. The SMILES string of the molecule is C[C@@H](Cn1ccc(-c2cc(F)c(C#N)c(Cl)c2)n1)NC(=O)Cc1cc(Cn2ccnc2)on1.